The van der Waals surface area contributed by atoms with Crippen molar-refractivity contribution in [2.45, 2.75) is 33.0 Å². The number of H-pyrrole nitrogens is 1. The van der Waals surface area contributed by atoms with Crippen molar-refractivity contribution in [2.24, 2.45) is 5.92 Å². The minimum absolute atomic E-state index is 0.284. The second-order valence-electron chi connectivity index (χ2n) is 3.84. The van der Waals surface area contributed by atoms with E-state index >= 15 is 0 Å². The average Bonchev–Trinajstić information content (AvgIpc) is 2.42. The number of nitrogens with zero attached hydrogens (tertiary/aromatic N) is 1. The van der Waals surface area contributed by atoms with Gasteiger partial charge in [-0.1, -0.05) is 13.8 Å². The highest BCUT2D eigenvalue weighted by atomic mass is 19.4. The molecule has 0 fully saturated rings. The highest BCUT2D eigenvalue weighted by Gasteiger charge is 2.33. The van der Waals surface area contributed by atoms with E-state index < -0.39 is 17.4 Å². The van der Waals surface area contributed by atoms with Gasteiger partial charge in [0.25, 0.3) is 5.56 Å². The van der Waals surface area contributed by atoms with Gasteiger partial charge in [0.15, 0.2) is 0 Å². The molecule has 0 amide bonds. The molecule has 0 aromatic carbocycles. The zero-order valence-electron chi connectivity index (χ0n) is 8.56. The third-order valence-corrected chi connectivity index (χ3v) is 2.02. The molecule has 1 aromatic rings. The standard InChI is InChI=1S/C9H13F3N2O/c1-6(2)3-4-14-8(15)5-7(13-14)9(10,11)12/h5-6,13H,3-4H2,1-2H3. The number of rotatable bonds is 3. The van der Waals surface area contributed by atoms with Crippen LogP contribution in [0.25, 0.3) is 0 Å². The van der Waals surface area contributed by atoms with Crippen molar-refractivity contribution >= 4 is 0 Å². The number of aromatic amines is 1. The van der Waals surface area contributed by atoms with Crippen LogP contribution in [-0.4, -0.2) is 9.78 Å². The first kappa shape index (κ1) is 11.9. The van der Waals surface area contributed by atoms with Crippen LogP contribution in [0.15, 0.2) is 10.9 Å². The van der Waals surface area contributed by atoms with Gasteiger partial charge in [-0.05, 0) is 12.3 Å². The van der Waals surface area contributed by atoms with Crippen molar-refractivity contribution in [1.29, 1.82) is 0 Å². The molecule has 0 radical (unpaired) electrons. The number of aromatic nitrogens is 2. The smallest absolute Gasteiger partial charge is 0.291 e. The van der Waals surface area contributed by atoms with E-state index in [-0.39, 0.29) is 6.54 Å². The Hall–Kier alpha value is -1.20. The van der Waals surface area contributed by atoms with Gasteiger partial charge in [0.2, 0.25) is 0 Å². The predicted molar refractivity (Wildman–Crippen MR) is 49.5 cm³/mol. The number of hydrogen-bond acceptors (Lipinski definition) is 1. The summed E-state index contributed by atoms with van der Waals surface area (Å²) in [6.45, 7) is 4.17. The van der Waals surface area contributed by atoms with Crippen LogP contribution >= 0.6 is 0 Å². The first-order chi connectivity index (χ1) is 6.80. The molecule has 0 atom stereocenters. The number of aryl methyl sites for hydroxylation is 1. The SMILES string of the molecule is CC(C)CCn1[nH]c(C(F)(F)F)cc1=O. The number of alkyl halides is 3. The Morgan fingerprint density at radius 2 is 2.07 bits per heavy atom. The summed E-state index contributed by atoms with van der Waals surface area (Å²) in [5.41, 5.74) is -1.63. The third kappa shape index (κ3) is 3.14. The number of hydrogen-bond donors (Lipinski definition) is 1. The van der Waals surface area contributed by atoms with Crippen LogP contribution in [0.1, 0.15) is 26.0 Å². The van der Waals surface area contributed by atoms with Crippen molar-refractivity contribution in [1.82, 2.24) is 9.78 Å². The van der Waals surface area contributed by atoms with Gasteiger partial charge in [-0.25, -0.2) is 0 Å². The summed E-state index contributed by atoms with van der Waals surface area (Å²) in [4.78, 5) is 11.1. The van der Waals surface area contributed by atoms with E-state index in [0.29, 0.717) is 18.4 Å². The van der Waals surface area contributed by atoms with Crippen molar-refractivity contribution in [3.8, 4) is 0 Å². The topological polar surface area (TPSA) is 37.8 Å². The summed E-state index contributed by atoms with van der Waals surface area (Å²) in [6.07, 6.45) is -3.82. The Bertz CT molecular complexity index is 375. The van der Waals surface area contributed by atoms with Crippen LogP contribution in [0.5, 0.6) is 0 Å². The van der Waals surface area contributed by atoms with Crippen LogP contribution < -0.4 is 5.56 Å². The zero-order valence-corrected chi connectivity index (χ0v) is 8.56. The second-order valence-corrected chi connectivity index (χ2v) is 3.84. The molecular weight excluding hydrogens is 209 g/mol. The molecule has 3 nitrogen and oxygen atoms in total. The Balaban J connectivity index is 2.83. The average molecular weight is 222 g/mol. The highest BCUT2D eigenvalue weighted by molar-refractivity contribution is 5.03. The van der Waals surface area contributed by atoms with E-state index in [1.807, 2.05) is 13.8 Å². The van der Waals surface area contributed by atoms with E-state index in [0.717, 1.165) is 4.68 Å². The molecule has 0 aliphatic carbocycles. The molecule has 0 unspecified atom stereocenters. The maximum absolute atomic E-state index is 12.2. The lowest BCUT2D eigenvalue weighted by Gasteiger charge is -2.05. The lowest BCUT2D eigenvalue weighted by atomic mass is 10.1. The van der Waals surface area contributed by atoms with E-state index in [4.69, 9.17) is 0 Å². The largest absolute Gasteiger partial charge is 0.432 e. The molecule has 86 valence electrons. The molecule has 6 heteroatoms. The van der Waals surface area contributed by atoms with Crippen LogP contribution in [0.3, 0.4) is 0 Å². The van der Waals surface area contributed by atoms with Crippen LogP contribution in [0, 0.1) is 5.92 Å². The summed E-state index contributed by atoms with van der Waals surface area (Å²) in [7, 11) is 0. The Labute approximate surface area is 84.9 Å². The summed E-state index contributed by atoms with van der Waals surface area (Å²) in [5, 5.41) is 2.06. The minimum Gasteiger partial charge on any atom is -0.291 e. The van der Waals surface area contributed by atoms with Crippen LogP contribution in [0.4, 0.5) is 13.2 Å². The fourth-order valence-corrected chi connectivity index (χ4v) is 1.13. The van der Waals surface area contributed by atoms with Crippen molar-refractivity contribution in [3.63, 3.8) is 0 Å². The number of nitrogens with one attached hydrogen (secondary N) is 1. The molecule has 1 N–H and O–H groups in total. The first-order valence-corrected chi connectivity index (χ1v) is 4.67. The quantitative estimate of drug-likeness (QED) is 0.836. The number of halogens is 3. The molecule has 0 saturated carbocycles. The first-order valence-electron chi connectivity index (χ1n) is 4.67. The van der Waals surface area contributed by atoms with E-state index in [1.54, 1.807) is 0 Å². The monoisotopic (exact) mass is 222 g/mol. The summed E-state index contributed by atoms with van der Waals surface area (Å²) in [5.74, 6) is 0.342. The van der Waals surface area contributed by atoms with Gasteiger partial charge in [0.1, 0.15) is 5.69 Å². The molecule has 0 aliphatic heterocycles. The maximum Gasteiger partial charge on any atom is 0.432 e. The fraction of sp³-hybridized carbons (Fsp3) is 0.667. The summed E-state index contributed by atoms with van der Waals surface area (Å²) in [6, 6.07) is 0.584. The fourth-order valence-electron chi connectivity index (χ4n) is 1.13. The Morgan fingerprint density at radius 3 is 2.47 bits per heavy atom. The normalized spacial score (nSPS) is 12.4. The van der Waals surface area contributed by atoms with E-state index in [2.05, 4.69) is 5.10 Å². The molecule has 0 spiro atoms. The molecule has 15 heavy (non-hydrogen) atoms. The molecule has 1 aromatic heterocycles. The highest BCUT2D eigenvalue weighted by Crippen LogP contribution is 2.26. The maximum atomic E-state index is 12.2. The van der Waals surface area contributed by atoms with Gasteiger partial charge in [0, 0.05) is 12.6 Å². The molecule has 0 aliphatic rings. The molecule has 1 rings (SSSR count). The Kier molecular flexibility index (Phi) is 3.26. The van der Waals surface area contributed by atoms with Gasteiger partial charge in [-0.15, -0.1) is 0 Å². The van der Waals surface area contributed by atoms with Crippen molar-refractivity contribution < 1.29 is 13.2 Å². The van der Waals surface area contributed by atoms with Crippen LogP contribution in [0.2, 0.25) is 0 Å². The lowest BCUT2D eigenvalue weighted by molar-refractivity contribution is -0.141. The summed E-state index contributed by atoms with van der Waals surface area (Å²) >= 11 is 0. The summed E-state index contributed by atoms with van der Waals surface area (Å²) < 4.78 is 37.6. The van der Waals surface area contributed by atoms with Gasteiger partial charge in [0.05, 0.1) is 0 Å². The third-order valence-electron chi connectivity index (χ3n) is 2.02. The minimum atomic E-state index is -4.48. The predicted octanol–water partition coefficient (Wildman–Crippen LogP) is 2.24. The van der Waals surface area contributed by atoms with Crippen molar-refractivity contribution in [2.75, 3.05) is 0 Å². The van der Waals surface area contributed by atoms with Gasteiger partial charge in [-0.2, -0.15) is 13.2 Å². The molecule has 0 bridgehead atoms. The molecule has 0 saturated heterocycles. The van der Waals surface area contributed by atoms with Crippen LogP contribution in [-0.2, 0) is 12.7 Å². The second kappa shape index (κ2) is 4.12. The van der Waals surface area contributed by atoms with Crippen molar-refractivity contribution in [3.05, 3.63) is 22.1 Å². The van der Waals surface area contributed by atoms with Gasteiger partial charge < -0.3 is 0 Å². The molecular formula is C9H13F3N2O. The van der Waals surface area contributed by atoms with Gasteiger partial charge >= 0.3 is 6.18 Å². The lowest BCUT2D eigenvalue weighted by Crippen LogP contribution is -2.17. The van der Waals surface area contributed by atoms with Gasteiger partial charge in [-0.3, -0.25) is 14.6 Å². The Morgan fingerprint density at radius 1 is 1.47 bits per heavy atom. The van der Waals surface area contributed by atoms with E-state index in [1.165, 1.54) is 0 Å². The zero-order chi connectivity index (χ0) is 11.6. The molecule has 1 heterocycles. The van der Waals surface area contributed by atoms with E-state index in [9.17, 15) is 18.0 Å².